The van der Waals surface area contributed by atoms with Crippen LogP contribution in [0.5, 0.6) is 0 Å². The van der Waals surface area contributed by atoms with E-state index in [1.807, 2.05) is 57.2 Å². The van der Waals surface area contributed by atoms with Crippen LogP contribution in [0.1, 0.15) is 32.9 Å². The number of aromatic nitrogens is 3. The smallest absolute Gasteiger partial charge is 0.262 e. The van der Waals surface area contributed by atoms with Crippen LogP contribution in [-0.2, 0) is 11.3 Å². The van der Waals surface area contributed by atoms with Crippen molar-refractivity contribution in [3.05, 3.63) is 64.7 Å². The Bertz CT molecular complexity index is 1010. The number of fused-ring (bicyclic) bond motifs is 1. The summed E-state index contributed by atoms with van der Waals surface area (Å²) in [6, 6.07) is 13.0. The van der Waals surface area contributed by atoms with Crippen LogP contribution >= 0.6 is 0 Å². The molecule has 1 N–H and O–H groups in total. The van der Waals surface area contributed by atoms with Crippen molar-refractivity contribution in [2.24, 2.45) is 5.10 Å². The van der Waals surface area contributed by atoms with Gasteiger partial charge in [-0.15, -0.1) is 0 Å². The van der Waals surface area contributed by atoms with Crippen LogP contribution in [0.25, 0.3) is 10.9 Å². The Balaban J connectivity index is 1.90. The van der Waals surface area contributed by atoms with E-state index in [1.165, 1.54) is 0 Å². The normalized spacial score (nSPS) is 11.9. The molecule has 0 bridgehead atoms. The Labute approximate surface area is 164 Å². The van der Waals surface area contributed by atoms with Crippen molar-refractivity contribution in [3.63, 3.8) is 0 Å². The minimum absolute atomic E-state index is 0.0941. The number of para-hydroxylation sites is 1. The molecule has 7 heteroatoms. The van der Waals surface area contributed by atoms with Crippen molar-refractivity contribution in [1.82, 2.24) is 14.5 Å². The summed E-state index contributed by atoms with van der Waals surface area (Å²) >= 11 is 0. The first-order valence-electron chi connectivity index (χ1n) is 9.39. The number of nitrogens with one attached hydrogen (secondary N) is 1. The molecule has 0 atom stereocenters. The highest BCUT2D eigenvalue weighted by Crippen LogP contribution is 2.12. The Morgan fingerprint density at radius 1 is 1.21 bits per heavy atom. The number of ether oxygens (including phenoxy) is 1. The minimum Gasteiger partial charge on any atom is -0.379 e. The summed E-state index contributed by atoms with van der Waals surface area (Å²) in [5.74, 6) is 0.406. The van der Waals surface area contributed by atoms with E-state index in [2.05, 4.69) is 20.5 Å². The molecule has 0 aliphatic rings. The summed E-state index contributed by atoms with van der Waals surface area (Å²) in [6.07, 6.45) is 2.58. The van der Waals surface area contributed by atoms with Crippen LogP contribution in [0.3, 0.4) is 0 Å². The van der Waals surface area contributed by atoms with Crippen LogP contribution in [0.2, 0.25) is 0 Å². The molecule has 7 nitrogen and oxygen atoms in total. The van der Waals surface area contributed by atoms with Crippen molar-refractivity contribution in [1.29, 1.82) is 0 Å². The van der Waals surface area contributed by atoms with Crippen molar-refractivity contribution in [2.45, 2.75) is 39.8 Å². The maximum Gasteiger partial charge on any atom is 0.262 e. The van der Waals surface area contributed by atoms with Crippen LogP contribution in [0.4, 0.5) is 5.95 Å². The van der Waals surface area contributed by atoms with Crippen molar-refractivity contribution >= 4 is 22.6 Å². The van der Waals surface area contributed by atoms with Gasteiger partial charge in [-0.1, -0.05) is 18.2 Å². The van der Waals surface area contributed by atoms with E-state index in [-0.39, 0.29) is 11.7 Å². The van der Waals surface area contributed by atoms with E-state index in [9.17, 15) is 4.79 Å². The minimum atomic E-state index is -0.0941. The van der Waals surface area contributed by atoms with Gasteiger partial charge in [-0.2, -0.15) is 5.10 Å². The van der Waals surface area contributed by atoms with Gasteiger partial charge >= 0.3 is 0 Å². The van der Waals surface area contributed by atoms with Gasteiger partial charge in [0, 0.05) is 19.3 Å². The second kappa shape index (κ2) is 9.23. The summed E-state index contributed by atoms with van der Waals surface area (Å²) < 4.78 is 7.21. The van der Waals surface area contributed by atoms with Crippen LogP contribution in [0.15, 0.2) is 58.6 Å². The summed E-state index contributed by atoms with van der Waals surface area (Å²) in [5.41, 5.74) is 4.96. The van der Waals surface area contributed by atoms with Gasteiger partial charge in [0.25, 0.3) is 5.56 Å². The predicted molar refractivity (Wildman–Crippen MR) is 112 cm³/mol. The van der Waals surface area contributed by atoms with Gasteiger partial charge in [0.1, 0.15) is 0 Å². The van der Waals surface area contributed by atoms with Crippen LogP contribution in [-0.4, -0.2) is 33.0 Å². The zero-order chi connectivity index (χ0) is 19.9. The Hall–Kier alpha value is -3.06. The van der Waals surface area contributed by atoms with Gasteiger partial charge in [0.05, 0.1) is 28.4 Å². The lowest BCUT2D eigenvalue weighted by Crippen LogP contribution is -2.25. The second-order valence-corrected chi connectivity index (χ2v) is 6.71. The topological polar surface area (TPSA) is 81.4 Å². The third kappa shape index (κ3) is 4.80. The highest BCUT2D eigenvalue weighted by Gasteiger charge is 2.11. The van der Waals surface area contributed by atoms with Gasteiger partial charge in [0.15, 0.2) is 0 Å². The Morgan fingerprint density at radius 2 is 2.00 bits per heavy atom. The average Bonchev–Trinajstić information content (AvgIpc) is 2.71. The molecule has 1 aromatic carbocycles. The number of pyridine rings is 1. The number of anilines is 1. The number of hydrogen-bond acceptors (Lipinski definition) is 6. The SMILES string of the molecule is C/C(=N/Nc1nc2ccccc2c(=O)n1CCCOC(C)C)c1ccccn1. The average molecular weight is 379 g/mol. The summed E-state index contributed by atoms with van der Waals surface area (Å²) in [7, 11) is 0. The molecule has 0 saturated heterocycles. The first-order valence-corrected chi connectivity index (χ1v) is 9.39. The molecule has 2 heterocycles. The second-order valence-electron chi connectivity index (χ2n) is 6.71. The summed E-state index contributed by atoms with van der Waals surface area (Å²) in [6.45, 7) is 6.91. The summed E-state index contributed by atoms with van der Waals surface area (Å²) in [4.78, 5) is 21.9. The number of hydrazone groups is 1. The molecule has 3 aromatic rings. The third-order valence-electron chi connectivity index (χ3n) is 4.20. The zero-order valence-electron chi connectivity index (χ0n) is 16.4. The number of nitrogens with zero attached hydrogens (tertiary/aromatic N) is 4. The van der Waals surface area contributed by atoms with Crippen molar-refractivity contribution in [3.8, 4) is 0 Å². The van der Waals surface area contributed by atoms with Gasteiger partial charge < -0.3 is 4.74 Å². The van der Waals surface area contributed by atoms with E-state index in [0.29, 0.717) is 42.1 Å². The maximum atomic E-state index is 13.0. The molecule has 28 heavy (non-hydrogen) atoms. The molecule has 0 aliphatic heterocycles. The lowest BCUT2D eigenvalue weighted by atomic mass is 10.2. The molecule has 2 aromatic heterocycles. The van der Waals surface area contributed by atoms with Gasteiger partial charge in [-0.3, -0.25) is 14.3 Å². The lowest BCUT2D eigenvalue weighted by molar-refractivity contribution is 0.0748. The fourth-order valence-electron chi connectivity index (χ4n) is 2.77. The van der Waals surface area contributed by atoms with Crippen LogP contribution in [0, 0.1) is 0 Å². The molecule has 0 aliphatic carbocycles. The molecule has 146 valence electrons. The number of benzene rings is 1. The third-order valence-corrected chi connectivity index (χ3v) is 4.20. The van der Waals surface area contributed by atoms with Crippen LogP contribution < -0.4 is 11.0 Å². The fraction of sp³-hybridized carbons (Fsp3) is 0.333. The number of hydrogen-bond donors (Lipinski definition) is 1. The summed E-state index contributed by atoms with van der Waals surface area (Å²) in [5, 5.41) is 4.97. The molecular formula is C21H25N5O2. The largest absolute Gasteiger partial charge is 0.379 e. The Morgan fingerprint density at radius 3 is 2.75 bits per heavy atom. The molecule has 0 amide bonds. The highest BCUT2D eigenvalue weighted by atomic mass is 16.5. The fourth-order valence-corrected chi connectivity index (χ4v) is 2.77. The molecule has 0 saturated carbocycles. The first kappa shape index (κ1) is 19.7. The highest BCUT2D eigenvalue weighted by molar-refractivity contribution is 5.97. The monoisotopic (exact) mass is 379 g/mol. The molecular weight excluding hydrogens is 354 g/mol. The van der Waals surface area contributed by atoms with Gasteiger partial charge in [-0.05, 0) is 51.5 Å². The van der Waals surface area contributed by atoms with E-state index in [1.54, 1.807) is 16.8 Å². The van der Waals surface area contributed by atoms with E-state index >= 15 is 0 Å². The molecule has 0 unspecified atom stereocenters. The van der Waals surface area contributed by atoms with Crippen molar-refractivity contribution < 1.29 is 4.74 Å². The Kier molecular flexibility index (Phi) is 6.49. The quantitative estimate of drug-likeness (QED) is 0.368. The van der Waals surface area contributed by atoms with E-state index in [4.69, 9.17) is 4.74 Å². The lowest BCUT2D eigenvalue weighted by Gasteiger charge is -2.14. The molecule has 0 radical (unpaired) electrons. The van der Waals surface area contributed by atoms with E-state index < -0.39 is 0 Å². The number of rotatable bonds is 8. The standard InChI is InChI=1S/C21H25N5O2/c1-15(2)28-14-8-13-26-20(27)17-9-4-5-11-19(17)23-21(26)25-24-16(3)18-10-6-7-12-22-18/h4-7,9-12,15H,8,13-14H2,1-3H3,(H,23,25)/b24-16-. The molecule has 0 spiro atoms. The van der Waals surface area contributed by atoms with Gasteiger partial charge in [0.2, 0.25) is 5.95 Å². The molecule has 0 fully saturated rings. The predicted octanol–water partition coefficient (Wildman–Crippen LogP) is 3.44. The molecule has 3 rings (SSSR count). The zero-order valence-corrected chi connectivity index (χ0v) is 16.4. The first-order chi connectivity index (χ1) is 13.6. The van der Waals surface area contributed by atoms with Gasteiger partial charge in [-0.25, -0.2) is 10.4 Å². The van der Waals surface area contributed by atoms with Crippen molar-refractivity contribution in [2.75, 3.05) is 12.0 Å². The van der Waals surface area contributed by atoms with E-state index in [0.717, 1.165) is 5.69 Å². The maximum absolute atomic E-state index is 13.0.